The summed E-state index contributed by atoms with van der Waals surface area (Å²) >= 11 is 0. The lowest BCUT2D eigenvalue weighted by atomic mass is 9.66. The van der Waals surface area contributed by atoms with Gasteiger partial charge in [-0.15, -0.1) is 0 Å². The van der Waals surface area contributed by atoms with Gasteiger partial charge in [-0.1, -0.05) is 39.0 Å². The second-order valence-corrected chi connectivity index (χ2v) is 9.29. The zero-order chi connectivity index (χ0) is 21.0. The second kappa shape index (κ2) is 9.56. The van der Waals surface area contributed by atoms with Gasteiger partial charge in [-0.05, 0) is 37.5 Å². The first kappa shape index (κ1) is 21.4. The third kappa shape index (κ3) is 4.59. The Kier molecular flexibility index (Phi) is 6.84. The van der Waals surface area contributed by atoms with Crippen LogP contribution in [0.3, 0.4) is 0 Å². The number of carbonyl (C=O) groups excluding carboxylic acids is 1. The monoisotopic (exact) mass is 417 g/mol. The van der Waals surface area contributed by atoms with Gasteiger partial charge in [0.1, 0.15) is 6.04 Å². The van der Waals surface area contributed by atoms with Gasteiger partial charge in [0, 0.05) is 24.4 Å². The van der Waals surface area contributed by atoms with E-state index in [9.17, 15) is 9.90 Å². The molecular formula is C24H37N2O4+. The molecule has 2 aliphatic heterocycles. The number of likely N-dealkylation sites (tertiary alicyclic amines) is 1. The number of fused-ring (bicyclic) bond motifs is 2. The van der Waals surface area contributed by atoms with E-state index < -0.39 is 5.60 Å². The zero-order valence-corrected chi connectivity index (χ0v) is 18.3. The summed E-state index contributed by atoms with van der Waals surface area (Å²) < 4.78 is 11.1. The van der Waals surface area contributed by atoms with Crippen molar-refractivity contribution in [2.24, 2.45) is 5.92 Å². The minimum absolute atomic E-state index is 0.101. The molecule has 4 atom stereocenters. The van der Waals surface area contributed by atoms with Crippen molar-refractivity contribution < 1.29 is 24.3 Å². The summed E-state index contributed by atoms with van der Waals surface area (Å²) in [4.78, 5) is 14.0. The molecule has 1 aliphatic carbocycles. The molecular weight excluding hydrogens is 380 g/mol. The van der Waals surface area contributed by atoms with Gasteiger partial charge in [0.2, 0.25) is 6.79 Å². The molecule has 1 aromatic carbocycles. The Labute approximate surface area is 179 Å². The van der Waals surface area contributed by atoms with E-state index >= 15 is 0 Å². The van der Waals surface area contributed by atoms with Gasteiger partial charge < -0.3 is 24.8 Å². The Morgan fingerprint density at radius 3 is 2.93 bits per heavy atom. The number of amides is 1. The fourth-order valence-corrected chi connectivity index (χ4v) is 5.68. The lowest BCUT2D eigenvalue weighted by molar-refractivity contribution is -0.937. The van der Waals surface area contributed by atoms with Crippen molar-refractivity contribution in [1.82, 2.24) is 5.32 Å². The highest BCUT2D eigenvalue weighted by Gasteiger charge is 2.52. The largest absolute Gasteiger partial charge is 0.454 e. The minimum Gasteiger partial charge on any atom is -0.454 e. The van der Waals surface area contributed by atoms with Crippen molar-refractivity contribution in [3.63, 3.8) is 0 Å². The number of aliphatic hydroxyl groups is 1. The number of hydrogen-bond acceptors (Lipinski definition) is 4. The number of piperidine rings is 1. The second-order valence-electron chi connectivity index (χ2n) is 9.29. The lowest BCUT2D eigenvalue weighted by Crippen LogP contribution is -3.16. The van der Waals surface area contributed by atoms with Crippen LogP contribution < -0.4 is 19.7 Å². The molecule has 3 N–H and O–H groups in total. The minimum atomic E-state index is -0.612. The lowest BCUT2D eigenvalue weighted by Gasteiger charge is -2.50. The Morgan fingerprint density at radius 1 is 1.20 bits per heavy atom. The van der Waals surface area contributed by atoms with Crippen LogP contribution in [0, 0.1) is 5.92 Å². The number of carbonyl (C=O) groups is 1. The number of benzene rings is 1. The smallest absolute Gasteiger partial charge is 0.275 e. The number of ether oxygens (including phenoxy) is 2. The van der Waals surface area contributed by atoms with E-state index in [-0.39, 0.29) is 24.7 Å². The van der Waals surface area contributed by atoms with Crippen LogP contribution in [0.5, 0.6) is 11.5 Å². The maximum Gasteiger partial charge on any atom is 0.275 e. The van der Waals surface area contributed by atoms with Crippen molar-refractivity contribution >= 4 is 5.91 Å². The molecule has 6 heteroatoms. The summed E-state index contributed by atoms with van der Waals surface area (Å²) in [5, 5.41) is 14.5. The number of rotatable bonds is 8. The van der Waals surface area contributed by atoms with Crippen LogP contribution in [0.1, 0.15) is 76.3 Å². The fraction of sp³-hybridized carbons (Fsp3) is 0.708. The first-order chi connectivity index (χ1) is 14.6. The molecule has 0 aromatic heterocycles. The molecule has 0 spiro atoms. The molecule has 2 heterocycles. The van der Waals surface area contributed by atoms with E-state index in [0.29, 0.717) is 6.54 Å². The number of quaternary nitrogens is 1. The van der Waals surface area contributed by atoms with Gasteiger partial charge in [0.15, 0.2) is 18.0 Å². The Bertz CT molecular complexity index is 740. The SMILES string of the molecule is CCCCCCNC(=O)C[NH+]1CC[C@@]2(O)CCCC[C@@H]2[C@@H]1c1ccc2c(c1)OCO2. The Balaban J connectivity index is 1.49. The summed E-state index contributed by atoms with van der Waals surface area (Å²) in [5.41, 5.74) is 0.536. The van der Waals surface area contributed by atoms with E-state index in [4.69, 9.17) is 9.47 Å². The molecule has 6 nitrogen and oxygen atoms in total. The molecule has 1 amide bonds. The van der Waals surface area contributed by atoms with Crippen LogP contribution in [-0.2, 0) is 4.79 Å². The highest BCUT2D eigenvalue weighted by Crippen LogP contribution is 2.45. The van der Waals surface area contributed by atoms with E-state index in [0.717, 1.165) is 68.7 Å². The zero-order valence-electron chi connectivity index (χ0n) is 18.3. The normalized spacial score (nSPS) is 30.0. The van der Waals surface area contributed by atoms with Crippen molar-refractivity contribution in [2.45, 2.75) is 76.4 Å². The molecule has 1 saturated carbocycles. The third-order valence-electron chi connectivity index (χ3n) is 7.28. The standard InChI is InChI=1S/C24H36N2O4/c1-2-3-4-7-13-25-22(27)16-26-14-12-24(28)11-6-5-8-19(24)23(26)18-9-10-20-21(15-18)30-17-29-20/h9-10,15,19,23,28H,2-8,11-14,16-17H2,1H3,(H,25,27)/p+1/t19-,23+,24+/m1/s1. The number of nitrogens with one attached hydrogen (secondary N) is 2. The van der Waals surface area contributed by atoms with Crippen molar-refractivity contribution in [3.05, 3.63) is 23.8 Å². The average molecular weight is 418 g/mol. The molecule has 1 saturated heterocycles. The molecule has 2 fully saturated rings. The van der Waals surface area contributed by atoms with Crippen molar-refractivity contribution in [2.75, 3.05) is 26.4 Å². The first-order valence-electron chi connectivity index (χ1n) is 11.8. The van der Waals surface area contributed by atoms with Gasteiger partial charge in [-0.3, -0.25) is 4.79 Å². The van der Waals surface area contributed by atoms with E-state index in [2.05, 4.69) is 24.4 Å². The predicted molar refractivity (Wildman–Crippen MR) is 115 cm³/mol. The quantitative estimate of drug-likeness (QED) is 0.568. The van der Waals surface area contributed by atoms with Crippen molar-refractivity contribution in [1.29, 1.82) is 0 Å². The maximum atomic E-state index is 12.7. The Morgan fingerprint density at radius 2 is 2.07 bits per heavy atom. The molecule has 1 unspecified atom stereocenters. The third-order valence-corrected chi connectivity index (χ3v) is 7.28. The van der Waals surface area contributed by atoms with Crippen LogP contribution in [0.4, 0.5) is 0 Å². The van der Waals surface area contributed by atoms with Crippen LogP contribution >= 0.6 is 0 Å². The molecule has 166 valence electrons. The number of unbranched alkanes of at least 4 members (excludes halogenated alkanes) is 3. The predicted octanol–water partition coefficient (Wildman–Crippen LogP) is 2.36. The summed E-state index contributed by atoms with van der Waals surface area (Å²) in [7, 11) is 0. The van der Waals surface area contributed by atoms with Crippen LogP contribution in [0.25, 0.3) is 0 Å². The van der Waals surface area contributed by atoms with Crippen LogP contribution in [0.15, 0.2) is 18.2 Å². The fourth-order valence-electron chi connectivity index (χ4n) is 5.68. The highest BCUT2D eigenvalue weighted by atomic mass is 16.7. The van der Waals surface area contributed by atoms with Crippen LogP contribution in [-0.4, -0.2) is 43.0 Å². The van der Waals surface area contributed by atoms with E-state index in [1.165, 1.54) is 24.2 Å². The first-order valence-corrected chi connectivity index (χ1v) is 11.8. The van der Waals surface area contributed by atoms with Gasteiger partial charge in [-0.2, -0.15) is 0 Å². The average Bonchev–Trinajstić information content (AvgIpc) is 3.21. The molecule has 0 radical (unpaired) electrons. The summed E-state index contributed by atoms with van der Waals surface area (Å²) in [6, 6.07) is 6.24. The molecule has 1 aromatic rings. The van der Waals surface area contributed by atoms with Crippen molar-refractivity contribution in [3.8, 4) is 11.5 Å². The Hall–Kier alpha value is -1.79. The van der Waals surface area contributed by atoms with Gasteiger partial charge in [0.25, 0.3) is 5.91 Å². The molecule has 0 bridgehead atoms. The van der Waals surface area contributed by atoms with Gasteiger partial charge in [-0.25, -0.2) is 0 Å². The summed E-state index contributed by atoms with van der Waals surface area (Å²) in [6.45, 7) is 4.48. The molecule has 4 rings (SSSR count). The summed E-state index contributed by atoms with van der Waals surface area (Å²) in [5.74, 6) is 1.85. The van der Waals surface area contributed by atoms with E-state index in [1.54, 1.807) is 0 Å². The topological polar surface area (TPSA) is 72.2 Å². The maximum absolute atomic E-state index is 12.7. The van der Waals surface area contributed by atoms with Crippen LogP contribution in [0.2, 0.25) is 0 Å². The van der Waals surface area contributed by atoms with Gasteiger partial charge >= 0.3 is 0 Å². The summed E-state index contributed by atoms with van der Waals surface area (Å²) in [6.07, 6.45) is 9.53. The number of hydrogen-bond donors (Lipinski definition) is 3. The van der Waals surface area contributed by atoms with E-state index in [1.807, 2.05) is 6.07 Å². The van der Waals surface area contributed by atoms with Gasteiger partial charge in [0.05, 0.1) is 12.1 Å². The molecule has 30 heavy (non-hydrogen) atoms. The molecule has 3 aliphatic rings. The highest BCUT2D eigenvalue weighted by molar-refractivity contribution is 5.76.